The highest BCUT2D eigenvalue weighted by Crippen LogP contribution is 2.38. The second kappa shape index (κ2) is 6.99. The lowest BCUT2D eigenvalue weighted by atomic mass is 10.1. The molecule has 0 spiro atoms. The standard InChI is InChI=1S/C19H22N2O4S/c1-4-25-19-10-9-16(12-17(19)20-14(3)22)26(23,24)21-13(2)11-15-7-5-6-8-18(15)21/h5-10,12-13H,4,11H2,1-3H3,(H,20,22). The number of carbonyl (C=O) groups excluding carboxylic acids is 1. The van der Waals surface area contributed by atoms with Crippen LogP contribution < -0.4 is 14.4 Å². The van der Waals surface area contributed by atoms with Crippen molar-refractivity contribution in [1.82, 2.24) is 0 Å². The smallest absolute Gasteiger partial charge is 0.264 e. The molecule has 3 rings (SSSR count). The van der Waals surface area contributed by atoms with Gasteiger partial charge in [0.25, 0.3) is 10.0 Å². The number of anilines is 2. The van der Waals surface area contributed by atoms with Crippen LogP contribution in [0.2, 0.25) is 0 Å². The summed E-state index contributed by atoms with van der Waals surface area (Å²) in [6.45, 7) is 5.50. The van der Waals surface area contributed by atoms with Crippen LogP contribution in [0, 0.1) is 0 Å². The highest BCUT2D eigenvalue weighted by atomic mass is 32.2. The Labute approximate surface area is 153 Å². The van der Waals surface area contributed by atoms with E-state index in [-0.39, 0.29) is 16.8 Å². The van der Waals surface area contributed by atoms with Gasteiger partial charge >= 0.3 is 0 Å². The van der Waals surface area contributed by atoms with Gasteiger partial charge in [-0.25, -0.2) is 8.42 Å². The molecule has 2 aromatic rings. The van der Waals surface area contributed by atoms with Gasteiger partial charge in [-0.3, -0.25) is 9.10 Å². The lowest BCUT2D eigenvalue weighted by Crippen LogP contribution is -2.35. The summed E-state index contributed by atoms with van der Waals surface area (Å²) in [4.78, 5) is 11.6. The van der Waals surface area contributed by atoms with E-state index in [1.54, 1.807) is 6.07 Å². The van der Waals surface area contributed by atoms with Crippen molar-refractivity contribution in [2.45, 2.75) is 38.1 Å². The molecule has 1 unspecified atom stereocenters. The van der Waals surface area contributed by atoms with E-state index in [9.17, 15) is 13.2 Å². The van der Waals surface area contributed by atoms with E-state index >= 15 is 0 Å². The van der Waals surface area contributed by atoms with E-state index < -0.39 is 10.0 Å². The third-order valence-corrected chi connectivity index (χ3v) is 6.19. The Morgan fingerprint density at radius 3 is 2.69 bits per heavy atom. The fourth-order valence-corrected chi connectivity index (χ4v) is 4.97. The van der Waals surface area contributed by atoms with Gasteiger partial charge in [-0.2, -0.15) is 0 Å². The second-order valence-corrected chi connectivity index (χ2v) is 8.07. The number of rotatable bonds is 5. The van der Waals surface area contributed by atoms with Crippen molar-refractivity contribution in [3.63, 3.8) is 0 Å². The van der Waals surface area contributed by atoms with Crippen molar-refractivity contribution in [1.29, 1.82) is 0 Å². The van der Waals surface area contributed by atoms with Gasteiger partial charge in [-0.15, -0.1) is 0 Å². The first-order chi connectivity index (χ1) is 12.3. The second-order valence-electron chi connectivity index (χ2n) is 6.25. The maximum atomic E-state index is 13.3. The molecule has 1 heterocycles. The minimum Gasteiger partial charge on any atom is -0.492 e. The quantitative estimate of drug-likeness (QED) is 0.872. The molecule has 0 fully saturated rings. The number of para-hydroxylation sites is 1. The molecule has 0 radical (unpaired) electrons. The number of carbonyl (C=O) groups is 1. The third kappa shape index (κ3) is 3.26. The minimum absolute atomic E-state index is 0.119. The molecule has 1 atom stereocenters. The maximum Gasteiger partial charge on any atom is 0.264 e. The van der Waals surface area contributed by atoms with Gasteiger partial charge in [0.05, 0.1) is 22.9 Å². The number of benzene rings is 2. The van der Waals surface area contributed by atoms with Crippen molar-refractivity contribution in [3.8, 4) is 5.75 Å². The number of nitrogens with one attached hydrogen (secondary N) is 1. The topological polar surface area (TPSA) is 75.7 Å². The van der Waals surface area contributed by atoms with E-state index in [2.05, 4.69) is 5.32 Å². The van der Waals surface area contributed by atoms with E-state index in [1.165, 1.54) is 23.4 Å². The molecular formula is C19H22N2O4S. The predicted molar refractivity (Wildman–Crippen MR) is 101 cm³/mol. The molecule has 0 saturated heterocycles. The molecule has 0 aliphatic carbocycles. The Bertz CT molecular complexity index is 940. The molecule has 0 bridgehead atoms. The van der Waals surface area contributed by atoms with Crippen LogP contribution in [0.3, 0.4) is 0 Å². The first-order valence-electron chi connectivity index (χ1n) is 8.51. The Kier molecular flexibility index (Phi) is 4.91. The number of hydrogen-bond acceptors (Lipinski definition) is 4. The molecule has 1 N–H and O–H groups in total. The Hall–Kier alpha value is -2.54. The fraction of sp³-hybridized carbons (Fsp3) is 0.316. The van der Waals surface area contributed by atoms with Crippen LogP contribution in [-0.4, -0.2) is 27.0 Å². The maximum absolute atomic E-state index is 13.3. The Balaban J connectivity index is 2.06. The number of fused-ring (bicyclic) bond motifs is 1. The van der Waals surface area contributed by atoms with Crippen LogP contribution in [0.5, 0.6) is 5.75 Å². The van der Waals surface area contributed by atoms with Crippen LogP contribution in [-0.2, 0) is 21.2 Å². The highest BCUT2D eigenvalue weighted by Gasteiger charge is 2.36. The summed E-state index contributed by atoms with van der Waals surface area (Å²) < 4.78 is 33.5. The highest BCUT2D eigenvalue weighted by molar-refractivity contribution is 7.92. The number of nitrogens with zero attached hydrogens (tertiary/aromatic N) is 1. The van der Waals surface area contributed by atoms with Crippen LogP contribution in [0.4, 0.5) is 11.4 Å². The zero-order valence-corrected chi connectivity index (χ0v) is 15.8. The van der Waals surface area contributed by atoms with Gasteiger partial charge in [-0.1, -0.05) is 18.2 Å². The number of ether oxygens (including phenoxy) is 1. The van der Waals surface area contributed by atoms with Gasteiger partial charge < -0.3 is 10.1 Å². The van der Waals surface area contributed by atoms with Crippen molar-refractivity contribution < 1.29 is 17.9 Å². The summed E-state index contributed by atoms with van der Waals surface area (Å²) in [7, 11) is -3.76. The van der Waals surface area contributed by atoms with Crippen molar-refractivity contribution in [3.05, 3.63) is 48.0 Å². The lowest BCUT2D eigenvalue weighted by molar-refractivity contribution is -0.114. The van der Waals surface area contributed by atoms with E-state index in [1.807, 2.05) is 38.1 Å². The fourth-order valence-electron chi connectivity index (χ4n) is 3.26. The largest absolute Gasteiger partial charge is 0.492 e. The molecule has 1 aliphatic heterocycles. The molecule has 6 nitrogen and oxygen atoms in total. The minimum atomic E-state index is -3.76. The summed E-state index contributed by atoms with van der Waals surface area (Å²) in [6, 6.07) is 11.9. The first kappa shape index (κ1) is 18.3. The van der Waals surface area contributed by atoms with Crippen LogP contribution in [0.25, 0.3) is 0 Å². The molecule has 2 aromatic carbocycles. The van der Waals surface area contributed by atoms with Crippen molar-refractivity contribution in [2.24, 2.45) is 0 Å². The molecule has 0 saturated carbocycles. The molecular weight excluding hydrogens is 352 g/mol. The Morgan fingerprint density at radius 1 is 1.27 bits per heavy atom. The Morgan fingerprint density at radius 2 is 2.00 bits per heavy atom. The number of sulfonamides is 1. The lowest BCUT2D eigenvalue weighted by Gasteiger charge is -2.25. The van der Waals surface area contributed by atoms with Gasteiger partial charge in [-0.05, 0) is 50.1 Å². The summed E-state index contributed by atoms with van der Waals surface area (Å²) in [5.41, 5.74) is 2.06. The van der Waals surface area contributed by atoms with Gasteiger partial charge in [0.15, 0.2) is 0 Å². The van der Waals surface area contributed by atoms with Crippen molar-refractivity contribution >= 4 is 27.3 Å². The molecule has 1 aliphatic rings. The van der Waals surface area contributed by atoms with E-state index in [0.29, 0.717) is 30.2 Å². The van der Waals surface area contributed by atoms with E-state index in [4.69, 9.17) is 4.74 Å². The predicted octanol–water partition coefficient (Wildman–Crippen LogP) is 3.18. The molecule has 1 amide bonds. The van der Waals surface area contributed by atoms with Crippen LogP contribution in [0.15, 0.2) is 47.4 Å². The summed E-state index contributed by atoms with van der Waals surface area (Å²) >= 11 is 0. The zero-order chi connectivity index (χ0) is 18.9. The number of hydrogen-bond donors (Lipinski definition) is 1. The normalized spacial score (nSPS) is 16.3. The SMILES string of the molecule is CCOc1ccc(S(=O)(=O)N2c3ccccc3CC2C)cc1NC(C)=O. The third-order valence-electron chi connectivity index (χ3n) is 4.26. The van der Waals surface area contributed by atoms with Gasteiger partial charge in [0.1, 0.15) is 5.75 Å². The molecule has 0 aromatic heterocycles. The summed E-state index contributed by atoms with van der Waals surface area (Å²) in [5, 5.41) is 2.64. The molecule has 26 heavy (non-hydrogen) atoms. The molecule has 138 valence electrons. The van der Waals surface area contributed by atoms with Crippen molar-refractivity contribution in [2.75, 3.05) is 16.2 Å². The summed E-state index contributed by atoms with van der Waals surface area (Å²) in [6.07, 6.45) is 0.672. The van der Waals surface area contributed by atoms with Gasteiger partial charge in [0, 0.05) is 13.0 Å². The first-order valence-corrected chi connectivity index (χ1v) is 9.95. The average Bonchev–Trinajstić information content (AvgIpc) is 2.92. The monoisotopic (exact) mass is 374 g/mol. The van der Waals surface area contributed by atoms with E-state index in [0.717, 1.165) is 5.56 Å². The van der Waals surface area contributed by atoms with Gasteiger partial charge in [0.2, 0.25) is 5.91 Å². The molecule has 7 heteroatoms. The van der Waals surface area contributed by atoms with Crippen LogP contribution >= 0.6 is 0 Å². The van der Waals surface area contributed by atoms with Crippen LogP contribution in [0.1, 0.15) is 26.3 Å². The zero-order valence-electron chi connectivity index (χ0n) is 15.0. The average molecular weight is 374 g/mol. The summed E-state index contributed by atoms with van der Waals surface area (Å²) in [5.74, 6) is 0.150. The number of amides is 1.